The Morgan fingerprint density at radius 3 is 2.62 bits per heavy atom. The SMILES string of the molecule is Cn1ccc(C(=O)NC(CBr)Cc2ccccc2)cc1=O. The van der Waals surface area contributed by atoms with Crippen LogP contribution in [0, 0.1) is 0 Å². The summed E-state index contributed by atoms with van der Waals surface area (Å²) in [6, 6.07) is 12.9. The summed E-state index contributed by atoms with van der Waals surface area (Å²) in [6.07, 6.45) is 2.33. The molecule has 1 N–H and O–H groups in total. The summed E-state index contributed by atoms with van der Waals surface area (Å²) >= 11 is 3.42. The molecule has 0 aliphatic heterocycles. The molecule has 1 heterocycles. The molecule has 1 atom stereocenters. The zero-order valence-electron chi connectivity index (χ0n) is 11.8. The van der Waals surface area contributed by atoms with Crippen LogP contribution < -0.4 is 10.9 Å². The molecule has 0 aliphatic carbocycles. The Labute approximate surface area is 131 Å². The molecule has 110 valence electrons. The van der Waals surface area contributed by atoms with Gasteiger partial charge in [0.2, 0.25) is 0 Å². The highest BCUT2D eigenvalue weighted by Crippen LogP contribution is 2.06. The van der Waals surface area contributed by atoms with Crippen molar-refractivity contribution in [1.29, 1.82) is 0 Å². The fourth-order valence-electron chi connectivity index (χ4n) is 2.00. The van der Waals surface area contributed by atoms with Crippen molar-refractivity contribution in [1.82, 2.24) is 9.88 Å². The first-order valence-corrected chi connectivity index (χ1v) is 7.79. The van der Waals surface area contributed by atoms with Crippen LogP contribution >= 0.6 is 15.9 Å². The van der Waals surface area contributed by atoms with Gasteiger partial charge in [0, 0.05) is 36.2 Å². The number of hydrogen-bond acceptors (Lipinski definition) is 2. The van der Waals surface area contributed by atoms with Gasteiger partial charge in [0.1, 0.15) is 0 Å². The molecule has 2 aromatic rings. The van der Waals surface area contributed by atoms with Gasteiger partial charge >= 0.3 is 0 Å². The highest BCUT2D eigenvalue weighted by molar-refractivity contribution is 9.09. The Morgan fingerprint density at radius 1 is 1.29 bits per heavy atom. The predicted molar refractivity (Wildman–Crippen MR) is 86.9 cm³/mol. The zero-order chi connectivity index (χ0) is 15.2. The fraction of sp³-hybridized carbons (Fsp3) is 0.250. The standard InChI is InChI=1S/C16H17BrN2O2/c1-19-8-7-13(10-15(19)20)16(21)18-14(11-17)9-12-5-3-2-4-6-12/h2-8,10,14H,9,11H2,1H3,(H,18,21). The van der Waals surface area contributed by atoms with Gasteiger partial charge in [0.15, 0.2) is 0 Å². The van der Waals surface area contributed by atoms with E-state index in [2.05, 4.69) is 21.2 Å². The highest BCUT2D eigenvalue weighted by atomic mass is 79.9. The normalized spacial score (nSPS) is 11.9. The van der Waals surface area contributed by atoms with Crippen LogP contribution in [0.2, 0.25) is 0 Å². The third kappa shape index (κ3) is 4.29. The lowest BCUT2D eigenvalue weighted by molar-refractivity contribution is 0.0940. The Morgan fingerprint density at radius 2 is 2.00 bits per heavy atom. The molecule has 5 heteroatoms. The molecule has 0 fully saturated rings. The summed E-state index contributed by atoms with van der Waals surface area (Å²) in [5.74, 6) is -0.229. The van der Waals surface area contributed by atoms with E-state index < -0.39 is 0 Å². The van der Waals surface area contributed by atoms with E-state index in [0.29, 0.717) is 10.9 Å². The molecule has 1 unspecified atom stereocenters. The van der Waals surface area contributed by atoms with Crippen LogP contribution in [0.1, 0.15) is 15.9 Å². The van der Waals surface area contributed by atoms with E-state index in [1.807, 2.05) is 30.3 Å². The van der Waals surface area contributed by atoms with E-state index in [9.17, 15) is 9.59 Å². The van der Waals surface area contributed by atoms with Crippen LogP contribution in [-0.2, 0) is 13.5 Å². The Hall–Kier alpha value is -1.88. The molecule has 0 radical (unpaired) electrons. The molecular formula is C16H17BrN2O2. The van der Waals surface area contributed by atoms with E-state index in [-0.39, 0.29) is 17.5 Å². The average Bonchev–Trinajstić information content (AvgIpc) is 2.50. The Balaban J connectivity index is 2.05. The lowest BCUT2D eigenvalue weighted by atomic mass is 10.1. The largest absolute Gasteiger partial charge is 0.348 e. The molecule has 0 bridgehead atoms. The lowest BCUT2D eigenvalue weighted by Crippen LogP contribution is -2.38. The van der Waals surface area contributed by atoms with Crippen molar-refractivity contribution in [2.75, 3.05) is 5.33 Å². The molecule has 0 spiro atoms. The highest BCUT2D eigenvalue weighted by Gasteiger charge is 2.14. The van der Waals surface area contributed by atoms with E-state index in [1.165, 1.54) is 10.6 Å². The molecule has 1 amide bonds. The van der Waals surface area contributed by atoms with Gasteiger partial charge in [-0.1, -0.05) is 46.3 Å². The molecule has 1 aromatic carbocycles. The average molecular weight is 349 g/mol. The number of aromatic nitrogens is 1. The summed E-state index contributed by atoms with van der Waals surface area (Å²) < 4.78 is 1.43. The zero-order valence-corrected chi connectivity index (χ0v) is 13.3. The number of benzene rings is 1. The molecule has 4 nitrogen and oxygen atoms in total. The van der Waals surface area contributed by atoms with Crippen LogP contribution in [0.4, 0.5) is 0 Å². The molecule has 0 saturated heterocycles. The smallest absolute Gasteiger partial charge is 0.251 e. The number of nitrogens with zero attached hydrogens (tertiary/aromatic N) is 1. The van der Waals surface area contributed by atoms with Gasteiger partial charge in [-0.3, -0.25) is 9.59 Å². The maximum Gasteiger partial charge on any atom is 0.251 e. The fourth-order valence-corrected chi connectivity index (χ4v) is 2.39. The van der Waals surface area contributed by atoms with Crippen molar-refractivity contribution < 1.29 is 4.79 Å². The Bertz CT molecular complexity index is 667. The Kier molecular flexibility index (Phi) is 5.33. The van der Waals surface area contributed by atoms with Gasteiger partial charge < -0.3 is 9.88 Å². The summed E-state index contributed by atoms with van der Waals surface area (Å²) in [5, 5.41) is 3.60. The van der Waals surface area contributed by atoms with Crippen molar-refractivity contribution in [2.45, 2.75) is 12.5 Å². The summed E-state index contributed by atoms with van der Waals surface area (Å²) in [6.45, 7) is 0. The van der Waals surface area contributed by atoms with Gasteiger partial charge in [-0.25, -0.2) is 0 Å². The minimum absolute atomic E-state index is 0.0241. The first kappa shape index (κ1) is 15.5. The van der Waals surface area contributed by atoms with Crippen LogP contribution in [0.5, 0.6) is 0 Å². The molecule has 0 aliphatic rings. The molecule has 1 aromatic heterocycles. The van der Waals surface area contributed by atoms with Crippen molar-refractivity contribution >= 4 is 21.8 Å². The van der Waals surface area contributed by atoms with Crippen molar-refractivity contribution in [3.63, 3.8) is 0 Å². The number of pyridine rings is 1. The molecule has 21 heavy (non-hydrogen) atoms. The van der Waals surface area contributed by atoms with Crippen LogP contribution in [0.3, 0.4) is 0 Å². The molecule has 0 saturated carbocycles. The van der Waals surface area contributed by atoms with Crippen molar-refractivity contribution in [3.8, 4) is 0 Å². The maximum absolute atomic E-state index is 12.2. The number of alkyl halides is 1. The van der Waals surface area contributed by atoms with Gasteiger partial charge in [-0.05, 0) is 18.1 Å². The number of rotatable bonds is 5. The lowest BCUT2D eigenvalue weighted by Gasteiger charge is -2.16. The maximum atomic E-state index is 12.2. The topological polar surface area (TPSA) is 51.1 Å². The number of amides is 1. The van der Waals surface area contributed by atoms with E-state index in [1.54, 1.807) is 19.3 Å². The van der Waals surface area contributed by atoms with Crippen LogP contribution in [0.25, 0.3) is 0 Å². The van der Waals surface area contributed by atoms with Gasteiger partial charge in [0.05, 0.1) is 0 Å². The van der Waals surface area contributed by atoms with Crippen molar-refractivity contribution in [2.24, 2.45) is 7.05 Å². The second-order valence-corrected chi connectivity index (χ2v) is 5.53. The van der Waals surface area contributed by atoms with E-state index in [4.69, 9.17) is 0 Å². The van der Waals surface area contributed by atoms with Crippen LogP contribution in [0.15, 0.2) is 53.5 Å². The first-order valence-electron chi connectivity index (χ1n) is 6.67. The third-order valence-electron chi connectivity index (χ3n) is 3.21. The minimum Gasteiger partial charge on any atom is -0.348 e. The van der Waals surface area contributed by atoms with Crippen LogP contribution in [-0.4, -0.2) is 21.8 Å². The predicted octanol–water partition coefficient (Wildman–Crippen LogP) is 2.12. The second-order valence-electron chi connectivity index (χ2n) is 4.88. The molecular weight excluding hydrogens is 332 g/mol. The number of carbonyl (C=O) groups is 1. The number of carbonyl (C=O) groups excluding carboxylic acids is 1. The van der Waals surface area contributed by atoms with Gasteiger partial charge in [0.25, 0.3) is 11.5 Å². The third-order valence-corrected chi connectivity index (χ3v) is 3.99. The minimum atomic E-state index is -0.229. The number of halogens is 1. The van der Waals surface area contributed by atoms with Gasteiger partial charge in [-0.2, -0.15) is 0 Å². The second kappa shape index (κ2) is 7.22. The number of nitrogens with one attached hydrogen (secondary N) is 1. The first-order chi connectivity index (χ1) is 10.1. The summed E-state index contributed by atoms with van der Waals surface area (Å²) in [5.41, 5.74) is 1.35. The number of hydrogen-bond donors (Lipinski definition) is 1. The number of aryl methyl sites for hydroxylation is 1. The van der Waals surface area contributed by atoms with E-state index in [0.717, 1.165) is 12.0 Å². The monoisotopic (exact) mass is 348 g/mol. The van der Waals surface area contributed by atoms with Crippen molar-refractivity contribution in [3.05, 3.63) is 70.1 Å². The van der Waals surface area contributed by atoms with E-state index >= 15 is 0 Å². The quantitative estimate of drug-likeness (QED) is 0.841. The summed E-state index contributed by atoms with van der Waals surface area (Å²) in [4.78, 5) is 23.8. The molecule has 2 rings (SSSR count). The van der Waals surface area contributed by atoms with Gasteiger partial charge in [-0.15, -0.1) is 0 Å². The summed E-state index contributed by atoms with van der Waals surface area (Å²) in [7, 11) is 1.65.